The summed E-state index contributed by atoms with van der Waals surface area (Å²) in [7, 11) is 2.10. The van der Waals surface area contributed by atoms with Gasteiger partial charge in [0.2, 0.25) is 0 Å². The number of fused-ring (bicyclic) bond motifs is 5. The van der Waals surface area contributed by atoms with Crippen LogP contribution in [-0.2, 0) is 0 Å². The lowest BCUT2D eigenvalue weighted by Crippen LogP contribution is -2.29. The van der Waals surface area contributed by atoms with Gasteiger partial charge in [-0.2, -0.15) is 0 Å². The van der Waals surface area contributed by atoms with E-state index in [1.165, 1.54) is 0 Å². The van der Waals surface area contributed by atoms with Crippen LogP contribution in [0.5, 0.6) is 0 Å². The predicted molar refractivity (Wildman–Crippen MR) is 108 cm³/mol. The first-order valence-electron chi connectivity index (χ1n) is 9.54. The summed E-state index contributed by atoms with van der Waals surface area (Å²) in [6, 6.07) is 5.86. The number of aldehydes is 1. The van der Waals surface area contributed by atoms with E-state index >= 15 is 0 Å². The van der Waals surface area contributed by atoms with Crippen molar-refractivity contribution >= 4 is 39.7 Å². The van der Waals surface area contributed by atoms with Crippen molar-refractivity contribution in [3.63, 3.8) is 0 Å². The Balaban J connectivity index is 1.83. The number of hydrogen-bond acceptors (Lipinski definition) is 5. The van der Waals surface area contributed by atoms with Crippen molar-refractivity contribution in [2.45, 2.75) is 6.42 Å². The Morgan fingerprint density at radius 3 is 2.69 bits per heavy atom. The average Bonchev–Trinajstić information content (AvgIpc) is 2.93. The second-order valence-corrected chi connectivity index (χ2v) is 7.45. The van der Waals surface area contributed by atoms with Gasteiger partial charge >= 0.3 is 0 Å². The van der Waals surface area contributed by atoms with E-state index < -0.39 is 11.6 Å². The van der Waals surface area contributed by atoms with Gasteiger partial charge in [-0.1, -0.05) is 0 Å². The molecule has 1 saturated heterocycles. The normalized spacial score (nSPS) is 16.0. The average molecular weight is 395 g/mol. The summed E-state index contributed by atoms with van der Waals surface area (Å²) in [6.07, 6.45) is 3.46. The van der Waals surface area contributed by atoms with Crippen LogP contribution in [0.1, 0.15) is 16.8 Å². The molecule has 8 heteroatoms. The van der Waals surface area contributed by atoms with E-state index in [2.05, 4.69) is 26.8 Å². The standard InChI is InChI=1S/C21H19F2N5O/c1-26-5-2-6-27(8-7-26)18-3-4-24-21-14(18)9-13(12-29)20-25-17-10-15(22)16(23)11-19(17)28(20)21/h3-4,9-12H,2,5-8H2,1H3. The number of likely N-dealkylation sites (N-methyl/N-ethyl adjacent to an activating group) is 1. The van der Waals surface area contributed by atoms with Crippen LogP contribution in [0.4, 0.5) is 14.5 Å². The zero-order valence-electron chi connectivity index (χ0n) is 15.9. The van der Waals surface area contributed by atoms with Crippen molar-refractivity contribution in [2.75, 3.05) is 38.1 Å². The number of rotatable bonds is 2. The maximum Gasteiger partial charge on any atom is 0.161 e. The highest BCUT2D eigenvalue weighted by molar-refractivity contribution is 6.01. The maximum atomic E-state index is 14.0. The fourth-order valence-electron chi connectivity index (χ4n) is 4.12. The van der Waals surface area contributed by atoms with Gasteiger partial charge in [-0.05, 0) is 32.1 Å². The minimum absolute atomic E-state index is 0.281. The molecule has 0 unspecified atom stereocenters. The van der Waals surface area contributed by atoms with E-state index in [1.54, 1.807) is 16.7 Å². The Kier molecular flexibility index (Phi) is 4.16. The topological polar surface area (TPSA) is 53.7 Å². The van der Waals surface area contributed by atoms with Gasteiger partial charge < -0.3 is 9.80 Å². The van der Waals surface area contributed by atoms with E-state index in [0.29, 0.717) is 22.4 Å². The monoisotopic (exact) mass is 395 g/mol. The molecule has 0 atom stereocenters. The van der Waals surface area contributed by atoms with Gasteiger partial charge in [0.05, 0.1) is 16.6 Å². The van der Waals surface area contributed by atoms with E-state index in [9.17, 15) is 13.6 Å². The molecule has 0 aliphatic carbocycles. The molecule has 4 aromatic rings. The van der Waals surface area contributed by atoms with Crippen LogP contribution in [0.3, 0.4) is 0 Å². The third-order valence-corrected chi connectivity index (χ3v) is 5.60. The lowest BCUT2D eigenvalue weighted by atomic mass is 10.1. The van der Waals surface area contributed by atoms with E-state index in [-0.39, 0.29) is 5.52 Å². The third kappa shape index (κ3) is 2.82. The number of pyridine rings is 2. The van der Waals surface area contributed by atoms with Crippen LogP contribution < -0.4 is 4.90 Å². The van der Waals surface area contributed by atoms with Gasteiger partial charge in [-0.15, -0.1) is 0 Å². The Morgan fingerprint density at radius 1 is 1.03 bits per heavy atom. The summed E-state index contributed by atoms with van der Waals surface area (Å²) in [6.45, 7) is 3.71. The van der Waals surface area contributed by atoms with Gasteiger partial charge in [0.1, 0.15) is 11.3 Å². The Morgan fingerprint density at radius 2 is 1.86 bits per heavy atom. The molecular weight excluding hydrogens is 376 g/mol. The van der Waals surface area contributed by atoms with Gasteiger partial charge in [0.15, 0.2) is 17.9 Å². The van der Waals surface area contributed by atoms with Crippen LogP contribution >= 0.6 is 0 Å². The minimum Gasteiger partial charge on any atom is -0.370 e. The highest BCUT2D eigenvalue weighted by Gasteiger charge is 2.20. The molecule has 6 nitrogen and oxygen atoms in total. The van der Waals surface area contributed by atoms with Gasteiger partial charge in [-0.3, -0.25) is 9.20 Å². The summed E-state index contributed by atoms with van der Waals surface area (Å²) < 4.78 is 29.3. The number of benzene rings is 1. The first-order valence-corrected chi connectivity index (χ1v) is 9.54. The molecule has 1 aliphatic heterocycles. The van der Waals surface area contributed by atoms with Gasteiger partial charge in [0, 0.05) is 49.0 Å². The number of aromatic nitrogens is 3. The fourth-order valence-corrected chi connectivity index (χ4v) is 4.12. The molecule has 1 aliphatic rings. The zero-order chi connectivity index (χ0) is 20.1. The highest BCUT2D eigenvalue weighted by Crippen LogP contribution is 2.31. The lowest BCUT2D eigenvalue weighted by Gasteiger charge is -2.24. The predicted octanol–water partition coefficient (Wildman–Crippen LogP) is 3.27. The Labute approximate surface area is 165 Å². The molecule has 1 fully saturated rings. The van der Waals surface area contributed by atoms with E-state index in [0.717, 1.165) is 62.1 Å². The molecule has 148 valence electrons. The molecule has 5 rings (SSSR count). The Bertz CT molecular complexity index is 1270. The zero-order valence-corrected chi connectivity index (χ0v) is 15.9. The molecule has 0 N–H and O–H groups in total. The second kappa shape index (κ2) is 6.73. The molecule has 3 aromatic heterocycles. The van der Waals surface area contributed by atoms with E-state index in [4.69, 9.17) is 0 Å². The van der Waals surface area contributed by atoms with Crippen LogP contribution in [-0.4, -0.2) is 58.8 Å². The smallest absolute Gasteiger partial charge is 0.161 e. The third-order valence-electron chi connectivity index (χ3n) is 5.60. The van der Waals surface area contributed by atoms with Crippen molar-refractivity contribution < 1.29 is 13.6 Å². The molecule has 1 aromatic carbocycles. The van der Waals surface area contributed by atoms with Crippen molar-refractivity contribution in [2.24, 2.45) is 0 Å². The van der Waals surface area contributed by atoms with Crippen molar-refractivity contribution in [1.29, 1.82) is 0 Å². The number of halogens is 2. The summed E-state index contributed by atoms with van der Waals surface area (Å²) >= 11 is 0. The van der Waals surface area contributed by atoms with Crippen LogP contribution in [0.25, 0.3) is 27.7 Å². The lowest BCUT2D eigenvalue weighted by molar-refractivity contribution is 0.112. The van der Waals surface area contributed by atoms with Gasteiger partial charge in [0.25, 0.3) is 0 Å². The van der Waals surface area contributed by atoms with Crippen molar-refractivity contribution in [3.8, 4) is 0 Å². The fraction of sp³-hybridized carbons (Fsp3) is 0.286. The highest BCUT2D eigenvalue weighted by atomic mass is 19.2. The number of hydrogen-bond donors (Lipinski definition) is 0. The van der Waals surface area contributed by atoms with Crippen molar-refractivity contribution in [1.82, 2.24) is 19.3 Å². The second-order valence-electron chi connectivity index (χ2n) is 7.45. The van der Waals surface area contributed by atoms with E-state index in [1.807, 2.05) is 6.07 Å². The first kappa shape index (κ1) is 17.9. The molecule has 0 radical (unpaired) electrons. The van der Waals surface area contributed by atoms with Crippen LogP contribution in [0, 0.1) is 11.6 Å². The first-order chi connectivity index (χ1) is 14.1. The SMILES string of the molecule is CN1CCCN(c2ccnc3c2cc(C=O)c2nc4cc(F)c(F)cc4n23)CC1. The Hall–Kier alpha value is -3.13. The van der Waals surface area contributed by atoms with Gasteiger partial charge in [-0.25, -0.2) is 18.7 Å². The summed E-state index contributed by atoms with van der Waals surface area (Å²) in [4.78, 5) is 25.3. The van der Waals surface area contributed by atoms with Crippen LogP contribution in [0.15, 0.2) is 30.5 Å². The molecule has 29 heavy (non-hydrogen) atoms. The van der Waals surface area contributed by atoms with Crippen LogP contribution in [0.2, 0.25) is 0 Å². The van der Waals surface area contributed by atoms with Crippen molar-refractivity contribution in [3.05, 3.63) is 47.7 Å². The molecule has 0 spiro atoms. The number of carbonyl (C=O) groups excluding carboxylic acids is 1. The largest absolute Gasteiger partial charge is 0.370 e. The summed E-state index contributed by atoms with van der Waals surface area (Å²) in [5, 5.41) is 0.788. The summed E-state index contributed by atoms with van der Waals surface area (Å²) in [5.41, 5.74) is 2.90. The number of nitrogens with zero attached hydrogens (tertiary/aromatic N) is 5. The molecule has 4 heterocycles. The summed E-state index contributed by atoms with van der Waals surface area (Å²) in [5.74, 6) is -1.93. The number of imidazole rings is 1. The molecular formula is C21H19F2N5O. The number of carbonyl (C=O) groups is 1. The molecule has 0 saturated carbocycles. The minimum atomic E-state index is -0.972. The maximum absolute atomic E-state index is 14.0. The molecule has 0 bridgehead atoms. The number of anilines is 1. The molecule has 0 amide bonds. The quantitative estimate of drug-likeness (QED) is 0.488.